The molecule has 0 bridgehead atoms. The summed E-state index contributed by atoms with van der Waals surface area (Å²) in [5, 5.41) is 2.21. The zero-order valence-electron chi connectivity index (χ0n) is 12.1. The van der Waals surface area contributed by atoms with E-state index in [1.54, 1.807) is 14.0 Å². The zero-order valence-corrected chi connectivity index (χ0v) is 12.1. The Hall–Kier alpha value is -2.37. The first-order chi connectivity index (χ1) is 10.0. The van der Waals surface area contributed by atoms with Gasteiger partial charge in [-0.2, -0.15) is 0 Å². The van der Waals surface area contributed by atoms with Crippen LogP contribution >= 0.6 is 0 Å². The van der Waals surface area contributed by atoms with Crippen molar-refractivity contribution >= 4 is 17.7 Å². The summed E-state index contributed by atoms with van der Waals surface area (Å²) in [4.78, 5) is 36.4. The minimum Gasteiger partial charge on any atom is -0.497 e. The first-order valence-electron chi connectivity index (χ1n) is 6.77. The molecule has 0 aliphatic carbocycles. The SMILES string of the molecule is COc1ccc(CCC(=O)N2CC(=O)NC(=O)C2C)cc1. The third kappa shape index (κ3) is 3.59. The molecule has 1 aliphatic heterocycles. The first-order valence-corrected chi connectivity index (χ1v) is 6.77. The van der Waals surface area contributed by atoms with Crippen LogP contribution in [0.2, 0.25) is 0 Å². The predicted octanol–water partition coefficient (Wildman–Crippen LogP) is 0.501. The van der Waals surface area contributed by atoms with E-state index in [9.17, 15) is 14.4 Å². The van der Waals surface area contributed by atoms with E-state index in [4.69, 9.17) is 4.74 Å². The highest BCUT2D eigenvalue weighted by molar-refractivity contribution is 6.04. The van der Waals surface area contributed by atoms with Gasteiger partial charge in [0.05, 0.1) is 7.11 Å². The van der Waals surface area contributed by atoms with Crippen molar-refractivity contribution in [2.45, 2.75) is 25.8 Å². The van der Waals surface area contributed by atoms with E-state index in [-0.39, 0.29) is 18.9 Å². The highest BCUT2D eigenvalue weighted by Crippen LogP contribution is 2.14. The van der Waals surface area contributed by atoms with Crippen LogP contribution in [0.3, 0.4) is 0 Å². The number of hydrogen-bond donors (Lipinski definition) is 1. The van der Waals surface area contributed by atoms with Crippen LogP contribution in [-0.4, -0.2) is 42.3 Å². The molecule has 1 aromatic carbocycles. The molecule has 1 aliphatic rings. The van der Waals surface area contributed by atoms with Crippen LogP contribution in [0, 0.1) is 0 Å². The number of aryl methyl sites for hydroxylation is 1. The molecule has 2 rings (SSSR count). The summed E-state index contributed by atoms with van der Waals surface area (Å²) in [6.07, 6.45) is 0.819. The van der Waals surface area contributed by atoms with Crippen molar-refractivity contribution in [2.75, 3.05) is 13.7 Å². The van der Waals surface area contributed by atoms with Crippen molar-refractivity contribution < 1.29 is 19.1 Å². The van der Waals surface area contributed by atoms with Crippen LogP contribution in [0.25, 0.3) is 0 Å². The van der Waals surface area contributed by atoms with Gasteiger partial charge >= 0.3 is 0 Å². The van der Waals surface area contributed by atoms with E-state index in [0.29, 0.717) is 6.42 Å². The summed E-state index contributed by atoms with van der Waals surface area (Å²) in [5.41, 5.74) is 1.00. The van der Waals surface area contributed by atoms with E-state index < -0.39 is 17.9 Å². The Bertz CT molecular complexity index is 553. The van der Waals surface area contributed by atoms with Gasteiger partial charge in [0.2, 0.25) is 17.7 Å². The van der Waals surface area contributed by atoms with Crippen molar-refractivity contribution in [1.82, 2.24) is 10.2 Å². The Morgan fingerprint density at radius 2 is 2.00 bits per heavy atom. The Morgan fingerprint density at radius 3 is 2.62 bits per heavy atom. The fourth-order valence-corrected chi connectivity index (χ4v) is 2.21. The lowest BCUT2D eigenvalue weighted by atomic mass is 10.1. The molecule has 112 valence electrons. The number of piperazine rings is 1. The average Bonchev–Trinajstić information content (AvgIpc) is 2.49. The van der Waals surface area contributed by atoms with Crippen molar-refractivity contribution in [1.29, 1.82) is 0 Å². The van der Waals surface area contributed by atoms with Crippen LogP contribution in [0.4, 0.5) is 0 Å². The Balaban J connectivity index is 1.94. The number of imide groups is 1. The van der Waals surface area contributed by atoms with Gasteiger partial charge in [0, 0.05) is 6.42 Å². The number of amides is 3. The molecular weight excluding hydrogens is 272 g/mol. The molecule has 1 unspecified atom stereocenters. The molecule has 1 saturated heterocycles. The Labute approximate surface area is 123 Å². The molecule has 3 amide bonds. The normalized spacial score (nSPS) is 18.4. The van der Waals surface area contributed by atoms with Crippen LogP contribution in [0.15, 0.2) is 24.3 Å². The van der Waals surface area contributed by atoms with E-state index >= 15 is 0 Å². The molecule has 6 heteroatoms. The number of carbonyl (C=O) groups is 3. The maximum Gasteiger partial charge on any atom is 0.249 e. The molecule has 6 nitrogen and oxygen atoms in total. The number of methoxy groups -OCH3 is 1. The van der Waals surface area contributed by atoms with E-state index in [1.807, 2.05) is 24.3 Å². The lowest BCUT2D eigenvalue weighted by Crippen LogP contribution is -2.58. The summed E-state index contributed by atoms with van der Waals surface area (Å²) in [6.45, 7) is 1.56. The van der Waals surface area contributed by atoms with E-state index in [0.717, 1.165) is 11.3 Å². The second-order valence-corrected chi connectivity index (χ2v) is 4.96. The third-order valence-corrected chi connectivity index (χ3v) is 3.53. The van der Waals surface area contributed by atoms with Gasteiger partial charge in [-0.15, -0.1) is 0 Å². The number of nitrogens with zero attached hydrogens (tertiary/aromatic N) is 1. The van der Waals surface area contributed by atoms with Crippen molar-refractivity contribution in [3.05, 3.63) is 29.8 Å². The average molecular weight is 290 g/mol. The summed E-state index contributed by atoms with van der Waals surface area (Å²) in [7, 11) is 1.60. The van der Waals surface area contributed by atoms with Gasteiger partial charge in [-0.3, -0.25) is 19.7 Å². The van der Waals surface area contributed by atoms with Crippen molar-refractivity contribution in [3.63, 3.8) is 0 Å². The molecule has 0 radical (unpaired) electrons. The lowest BCUT2D eigenvalue weighted by Gasteiger charge is -2.31. The smallest absolute Gasteiger partial charge is 0.249 e. The molecule has 0 spiro atoms. The number of ether oxygens (including phenoxy) is 1. The lowest BCUT2D eigenvalue weighted by molar-refractivity contribution is -0.149. The molecule has 1 heterocycles. The Kier molecular flexibility index (Phi) is 4.57. The van der Waals surface area contributed by atoms with Crippen LogP contribution in [-0.2, 0) is 20.8 Å². The summed E-state index contributed by atoms with van der Waals surface area (Å²) in [5.74, 6) is -0.293. The number of carbonyl (C=O) groups excluding carboxylic acids is 3. The monoisotopic (exact) mass is 290 g/mol. The van der Waals surface area contributed by atoms with Gasteiger partial charge in [0.15, 0.2) is 0 Å². The Morgan fingerprint density at radius 1 is 1.33 bits per heavy atom. The van der Waals surface area contributed by atoms with Gasteiger partial charge in [0.25, 0.3) is 0 Å². The maximum absolute atomic E-state index is 12.2. The van der Waals surface area contributed by atoms with Crippen LogP contribution < -0.4 is 10.1 Å². The minimum absolute atomic E-state index is 0.0612. The summed E-state index contributed by atoms with van der Waals surface area (Å²) < 4.78 is 5.07. The van der Waals surface area contributed by atoms with Crippen molar-refractivity contribution in [3.8, 4) is 5.75 Å². The largest absolute Gasteiger partial charge is 0.497 e. The molecule has 1 N–H and O–H groups in total. The summed E-state index contributed by atoms with van der Waals surface area (Å²) >= 11 is 0. The van der Waals surface area contributed by atoms with Crippen LogP contribution in [0.5, 0.6) is 5.75 Å². The van der Waals surface area contributed by atoms with Gasteiger partial charge in [0.1, 0.15) is 18.3 Å². The fourth-order valence-electron chi connectivity index (χ4n) is 2.21. The van der Waals surface area contributed by atoms with Crippen molar-refractivity contribution in [2.24, 2.45) is 0 Å². The van der Waals surface area contributed by atoms with Gasteiger partial charge < -0.3 is 9.64 Å². The highest BCUT2D eigenvalue weighted by Gasteiger charge is 2.32. The number of rotatable bonds is 4. The maximum atomic E-state index is 12.2. The topological polar surface area (TPSA) is 75.7 Å². The molecular formula is C15H18N2O4. The van der Waals surface area contributed by atoms with E-state index in [2.05, 4.69) is 5.32 Å². The second-order valence-electron chi connectivity index (χ2n) is 4.96. The highest BCUT2D eigenvalue weighted by atomic mass is 16.5. The molecule has 1 fully saturated rings. The van der Waals surface area contributed by atoms with E-state index in [1.165, 1.54) is 4.90 Å². The zero-order chi connectivity index (χ0) is 15.4. The molecule has 0 saturated carbocycles. The number of benzene rings is 1. The predicted molar refractivity (Wildman–Crippen MR) is 75.6 cm³/mol. The standard InChI is InChI=1S/C15H18N2O4/c1-10-15(20)16-13(18)9-17(10)14(19)8-5-11-3-6-12(21-2)7-4-11/h3-4,6-7,10H,5,8-9H2,1-2H3,(H,16,18,20). The van der Waals surface area contributed by atoms with Gasteiger partial charge in [-0.05, 0) is 31.0 Å². The minimum atomic E-state index is -0.605. The number of hydrogen-bond acceptors (Lipinski definition) is 4. The first kappa shape index (κ1) is 15.0. The van der Waals surface area contributed by atoms with Crippen LogP contribution in [0.1, 0.15) is 18.9 Å². The third-order valence-electron chi connectivity index (χ3n) is 3.53. The molecule has 0 aromatic heterocycles. The molecule has 1 atom stereocenters. The molecule has 21 heavy (non-hydrogen) atoms. The second kappa shape index (κ2) is 6.39. The fraction of sp³-hybridized carbons (Fsp3) is 0.400. The van der Waals surface area contributed by atoms with Gasteiger partial charge in [-0.25, -0.2) is 0 Å². The molecule has 1 aromatic rings. The number of nitrogens with one attached hydrogen (secondary N) is 1. The summed E-state index contributed by atoms with van der Waals surface area (Å²) in [6, 6.07) is 6.85. The van der Waals surface area contributed by atoms with Gasteiger partial charge in [-0.1, -0.05) is 12.1 Å². The quantitative estimate of drug-likeness (QED) is 0.819.